The van der Waals surface area contributed by atoms with Crippen molar-refractivity contribution in [1.29, 1.82) is 0 Å². The molecule has 0 atom stereocenters. The van der Waals surface area contributed by atoms with Gasteiger partial charge in [0.15, 0.2) is 11.5 Å². The van der Waals surface area contributed by atoms with E-state index in [-0.39, 0.29) is 11.5 Å². The number of rotatable bonds is 6. The molecular formula is C13H19NO4S. The Morgan fingerprint density at radius 2 is 1.84 bits per heavy atom. The van der Waals surface area contributed by atoms with Crippen molar-refractivity contribution in [1.82, 2.24) is 4.98 Å². The van der Waals surface area contributed by atoms with Crippen LogP contribution in [0.2, 0.25) is 0 Å². The molecule has 0 radical (unpaired) electrons. The molecule has 1 aromatic heterocycles. The van der Waals surface area contributed by atoms with Gasteiger partial charge < -0.3 is 9.47 Å². The number of methoxy groups -OCH3 is 2. The van der Waals surface area contributed by atoms with Crippen LogP contribution in [0.1, 0.15) is 58.8 Å². The average Bonchev–Trinajstić information content (AvgIpc) is 2.86. The molecule has 0 saturated heterocycles. The van der Waals surface area contributed by atoms with Gasteiger partial charge in [-0.1, -0.05) is 13.8 Å². The minimum Gasteiger partial charge on any atom is -0.464 e. The van der Waals surface area contributed by atoms with E-state index in [2.05, 4.69) is 9.72 Å². The summed E-state index contributed by atoms with van der Waals surface area (Å²) in [7, 11) is 2.88. The van der Waals surface area contributed by atoms with Gasteiger partial charge in [-0.05, 0) is 12.8 Å². The molecule has 0 saturated carbocycles. The van der Waals surface area contributed by atoms with Crippen molar-refractivity contribution < 1.29 is 19.1 Å². The second-order valence-corrected chi connectivity index (χ2v) is 5.15. The molecule has 19 heavy (non-hydrogen) atoms. The van der Waals surface area contributed by atoms with E-state index in [1.807, 2.05) is 13.8 Å². The summed E-state index contributed by atoms with van der Waals surface area (Å²) in [5.41, 5.74) is -0.473. The molecule has 0 bridgehead atoms. The largest absolute Gasteiger partial charge is 0.464 e. The Morgan fingerprint density at radius 1 is 1.26 bits per heavy atom. The highest BCUT2D eigenvalue weighted by Gasteiger charge is 2.35. The van der Waals surface area contributed by atoms with E-state index in [4.69, 9.17) is 4.74 Å². The van der Waals surface area contributed by atoms with Gasteiger partial charge in [0.2, 0.25) is 0 Å². The van der Waals surface area contributed by atoms with Crippen LogP contribution >= 0.6 is 11.3 Å². The molecule has 1 aromatic rings. The molecule has 0 aliphatic carbocycles. The predicted octanol–water partition coefficient (Wildman–Crippen LogP) is 2.79. The zero-order chi connectivity index (χ0) is 14.6. The van der Waals surface area contributed by atoms with Crippen molar-refractivity contribution in [3.8, 4) is 0 Å². The fraction of sp³-hybridized carbons (Fsp3) is 0.615. The van der Waals surface area contributed by atoms with Crippen LogP contribution in [0.15, 0.2) is 0 Å². The number of carbonyl (C=O) groups excluding carboxylic acids is 2. The molecule has 0 aromatic carbocycles. The van der Waals surface area contributed by atoms with Gasteiger partial charge >= 0.3 is 5.97 Å². The fourth-order valence-corrected chi connectivity index (χ4v) is 3.17. The first-order valence-electron chi connectivity index (χ1n) is 6.11. The van der Waals surface area contributed by atoms with E-state index in [1.54, 1.807) is 7.11 Å². The van der Waals surface area contributed by atoms with Gasteiger partial charge in [-0.3, -0.25) is 4.79 Å². The normalized spacial score (nSPS) is 11.4. The first-order chi connectivity index (χ1) is 8.95. The third kappa shape index (κ3) is 2.84. The highest BCUT2D eigenvalue weighted by molar-refractivity contribution is 7.14. The lowest BCUT2D eigenvalue weighted by Gasteiger charge is -2.27. The van der Waals surface area contributed by atoms with Gasteiger partial charge in [0.05, 0.1) is 7.11 Å². The SMILES string of the molecule is CCC(CC)(OC)c1nc(C(=O)OC)c(C(C)=O)s1. The summed E-state index contributed by atoms with van der Waals surface area (Å²) in [6, 6.07) is 0. The fourth-order valence-electron chi connectivity index (χ4n) is 1.92. The Morgan fingerprint density at radius 3 is 2.21 bits per heavy atom. The van der Waals surface area contributed by atoms with Crippen LogP contribution < -0.4 is 0 Å². The maximum atomic E-state index is 11.7. The van der Waals surface area contributed by atoms with Gasteiger partial charge in [-0.25, -0.2) is 9.78 Å². The molecule has 5 nitrogen and oxygen atoms in total. The third-order valence-corrected chi connectivity index (χ3v) is 4.59. The summed E-state index contributed by atoms with van der Waals surface area (Å²) in [5, 5.41) is 0.644. The van der Waals surface area contributed by atoms with Crippen LogP contribution in [0.25, 0.3) is 0 Å². The minimum absolute atomic E-state index is 0.0818. The number of thiazole rings is 1. The van der Waals surface area contributed by atoms with Crippen molar-refractivity contribution in [3.63, 3.8) is 0 Å². The molecule has 0 N–H and O–H groups in total. The number of nitrogens with zero attached hydrogens (tertiary/aromatic N) is 1. The van der Waals surface area contributed by atoms with Crippen molar-refractivity contribution in [3.05, 3.63) is 15.6 Å². The molecule has 1 heterocycles. The molecule has 0 spiro atoms. The third-order valence-electron chi connectivity index (χ3n) is 3.25. The van der Waals surface area contributed by atoms with Crippen LogP contribution in [0, 0.1) is 0 Å². The number of Topliss-reactive ketones (excluding diaryl/α,β-unsaturated/α-hetero) is 1. The lowest BCUT2D eigenvalue weighted by molar-refractivity contribution is -0.0220. The van der Waals surface area contributed by atoms with E-state index in [0.29, 0.717) is 22.7 Å². The number of hydrogen-bond acceptors (Lipinski definition) is 6. The average molecular weight is 285 g/mol. The first-order valence-corrected chi connectivity index (χ1v) is 6.93. The van der Waals surface area contributed by atoms with Crippen molar-refractivity contribution >= 4 is 23.1 Å². The minimum atomic E-state index is -0.593. The molecule has 6 heteroatoms. The number of carbonyl (C=O) groups is 2. The maximum absolute atomic E-state index is 11.7. The zero-order valence-electron chi connectivity index (χ0n) is 11.9. The van der Waals surface area contributed by atoms with Gasteiger partial charge in [0.25, 0.3) is 0 Å². The van der Waals surface area contributed by atoms with Crippen LogP contribution in [0.5, 0.6) is 0 Å². The molecule has 0 aliphatic heterocycles. The number of hydrogen-bond donors (Lipinski definition) is 0. The molecule has 1 rings (SSSR count). The predicted molar refractivity (Wildman–Crippen MR) is 72.7 cm³/mol. The Kier molecular flexibility index (Phi) is 5.20. The number of ether oxygens (including phenoxy) is 2. The topological polar surface area (TPSA) is 65.5 Å². The van der Waals surface area contributed by atoms with Gasteiger partial charge in [0, 0.05) is 14.0 Å². The van der Waals surface area contributed by atoms with Crippen LogP contribution in [-0.4, -0.2) is 31.0 Å². The second kappa shape index (κ2) is 6.25. The number of aromatic nitrogens is 1. The quantitative estimate of drug-likeness (QED) is 0.594. The summed E-state index contributed by atoms with van der Waals surface area (Å²) in [5.74, 6) is -0.786. The van der Waals surface area contributed by atoms with Crippen LogP contribution in [0.4, 0.5) is 0 Å². The van der Waals surface area contributed by atoms with E-state index in [1.165, 1.54) is 25.4 Å². The zero-order valence-corrected chi connectivity index (χ0v) is 12.7. The van der Waals surface area contributed by atoms with Gasteiger partial charge in [-0.2, -0.15) is 0 Å². The Balaban J connectivity index is 3.39. The standard InChI is InChI=1S/C13H19NO4S/c1-6-13(7-2,18-5)12-14-9(11(16)17-4)10(19-12)8(3)15/h6-7H2,1-5H3. The molecule has 0 unspecified atom stereocenters. The summed E-state index contributed by atoms with van der Waals surface area (Å²) in [6.45, 7) is 5.38. The van der Waals surface area contributed by atoms with Gasteiger partial charge in [-0.15, -0.1) is 11.3 Å². The summed E-state index contributed by atoms with van der Waals surface area (Å²) < 4.78 is 10.2. The molecule has 106 valence electrons. The van der Waals surface area contributed by atoms with Crippen molar-refractivity contribution in [2.45, 2.75) is 39.2 Å². The van der Waals surface area contributed by atoms with E-state index in [0.717, 1.165) is 0 Å². The molecule has 0 amide bonds. The summed E-state index contributed by atoms with van der Waals surface area (Å²) in [6.07, 6.45) is 1.43. The highest BCUT2D eigenvalue weighted by atomic mass is 32.1. The van der Waals surface area contributed by atoms with Crippen molar-refractivity contribution in [2.24, 2.45) is 0 Å². The Labute approximate surface area is 116 Å². The van der Waals surface area contributed by atoms with E-state index < -0.39 is 11.6 Å². The lowest BCUT2D eigenvalue weighted by atomic mass is 9.98. The number of ketones is 1. The lowest BCUT2D eigenvalue weighted by Crippen LogP contribution is -2.26. The van der Waals surface area contributed by atoms with Crippen LogP contribution in [-0.2, 0) is 15.1 Å². The Hall–Kier alpha value is -1.27. The van der Waals surface area contributed by atoms with Gasteiger partial charge in [0.1, 0.15) is 15.5 Å². The molecule has 0 fully saturated rings. The smallest absolute Gasteiger partial charge is 0.358 e. The summed E-state index contributed by atoms with van der Waals surface area (Å²) in [4.78, 5) is 27.9. The second-order valence-electron chi connectivity index (χ2n) is 4.15. The molecular weight excluding hydrogens is 266 g/mol. The van der Waals surface area contributed by atoms with E-state index in [9.17, 15) is 9.59 Å². The maximum Gasteiger partial charge on any atom is 0.358 e. The monoisotopic (exact) mass is 285 g/mol. The van der Waals surface area contributed by atoms with E-state index >= 15 is 0 Å². The highest BCUT2D eigenvalue weighted by Crippen LogP contribution is 2.36. The van der Waals surface area contributed by atoms with Crippen molar-refractivity contribution in [2.75, 3.05) is 14.2 Å². The molecule has 0 aliphatic rings. The van der Waals surface area contributed by atoms with Crippen LogP contribution in [0.3, 0.4) is 0 Å². The number of esters is 1. The Bertz CT molecular complexity index is 469. The first kappa shape index (κ1) is 15.8. The summed E-state index contributed by atoms with van der Waals surface area (Å²) >= 11 is 1.21.